The molecular weight excluding hydrogens is 318 g/mol. The molecule has 0 aliphatic heterocycles. The van der Waals surface area contributed by atoms with E-state index in [0.717, 1.165) is 11.1 Å². The van der Waals surface area contributed by atoms with Crippen molar-refractivity contribution in [1.29, 1.82) is 0 Å². The van der Waals surface area contributed by atoms with E-state index in [-0.39, 0.29) is 24.7 Å². The maximum absolute atomic E-state index is 12.1. The average molecular weight is 339 g/mol. The van der Waals surface area contributed by atoms with Crippen LogP contribution in [0.25, 0.3) is 0 Å². The molecule has 0 spiro atoms. The number of rotatable bonds is 7. The van der Waals surface area contributed by atoms with Crippen LogP contribution in [-0.2, 0) is 20.7 Å². The lowest BCUT2D eigenvalue weighted by atomic mass is 10.1. The van der Waals surface area contributed by atoms with Gasteiger partial charge in [0.25, 0.3) is 0 Å². The number of ketones is 1. The molecule has 0 radical (unpaired) electrons. The highest BCUT2D eigenvalue weighted by molar-refractivity contribution is 5.98. The first-order valence-corrected chi connectivity index (χ1v) is 8.13. The number of aryl methyl sites for hydroxylation is 1. The van der Waals surface area contributed by atoms with Crippen molar-refractivity contribution in [2.45, 2.75) is 26.7 Å². The number of esters is 1. The molecule has 0 aliphatic rings. The van der Waals surface area contributed by atoms with Crippen molar-refractivity contribution < 1.29 is 19.1 Å². The zero-order valence-electron chi connectivity index (χ0n) is 14.4. The Bertz CT molecular complexity index is 766. The minimum absolute atomic E-state index is 0.0933. The van der Waals surface area contributed by atoms with Crippen LogP contribution in [0.5, 0.6) is 0 Å². The number of hydrogen-bond acceptors (Lipinski definition) is 4. The summed E-state index contributed by atoms with van der Waals surface area (Å²) in [5, 5.41) is 2.70. The van der Waals surface area contributed by atoms with Crippen molar-refractivity contribution in [2.24, 2.45) is 0 Å². The molecule has 0 saturated carbocycles. The summed E-state index contributed by atoms with van der Waals surface area (Å²) in [5.74, 6) is -0.815. The van der Waals surface area contributed by atoms with Crippen molar-refractivity contribution in [3.05, 3.63) is 65.2 Å². The zero-order valence-corrected chi connectivity index (χ0v) is 14.4. The van der Waals surface area contributed by atoms with Gasteiger partial charge >= 0.3 is 5.97 Å². The molecule has 5 heteroatoms. The quantitative estimate of drug-likeness (QED) is 0.620. The Kier molecular flexibility index (Phi) is 6.46. The summed E-state index contributed by atoms with van der Waals surface area (Å²) < 4.78 is 5.07. The summed E-state index contributed by atoms with van der Waals surface area (Å²) in [7, 11) is 0. The Hall–Kier alpha value is -2.95. The molecule has 2 rings (SSSR count). The van der Waals surface area contributed by atoms with E-state index in [0.29, 0.717) is 17.7 Å². The van der Waals surface area contributed by atoms with Gasteiger partial charge in [0.2, 0.25) is 5.91 Å². The molecule has 2 aromatic rings. The van der Waals surface area contributed by atoms with Crippen LogP contribution in [0, 0.1) is 6.92 Å². The second kappa shape index (κ2) is 8.78. The molecule has 0 aromatic heterocycles. The van der Waals surface area contributed by atoms with Crippen LogP contribution >= 0.6 is 0 Å². The maximum Gasteiger partial charge on any atom is 0.310 e. The molecule has 25 heavy (non-hydrogen) atoms. The Morgan fingerprint density at radius 1 is 1.00 bits per heavy atom. The van der Waals surface area contributed by atoms with Gasteiger partial charge in [-0.05, 0) is 42.3 Å². The number of anilines is 1. The number of ether oxygens (including phenoxy) is 1. The van der Waals surface area contributed by atoms with Crippen LogP contribution < -0.4 is 5.32 Å². The number of amides is 1. The first-order valence-electron chi connectivity index (χ1n) is 8.13. The normalized spacial score (nSPS) is 10.2. The van der Waals surface area contributed by atoms with Crippen LogP contribution in [-0.4, -0.2) is 24.3 Å². The standard InChI is InChI=1S/C20H21NO4/c1-3-19(23)21-17-10-8-15(9-11-17)18(22)13-25-20(24)12-16-7-5-4-6-14(16)2/h4-11H,3,12-13H2,1-2H3,(H,21,23). The van der Waals surface area contributed by atoms with Gasteiger partial charge in [0.1, 0.15) is 0 Å². The van der Waals surface area contributed by atoms with Gasteiger partial charge < -0.3 is 10.1 Å². The van der Waals surface area contributed by atoms with Crippen LogP contribution in [0.1, 0.15) is 34.8 Å². The van der Waals surface area contributed by atoms with E-state index in [9.17, 15) is 14.4 Å². The van der Waals surface area contributed by atoms with E-state index >= 15 is 0 Å². The Morgan fingerprint density at radius 2 is 1.68 bits per heavy atom. The highest BCUT2D eigenvalue weighted by Crippen LogP contribution is 2.12. The fourth-order valence-electron chi connectivity index (χ4n) is 2.23. The molecule has 0 heterocycles. The number of Topliss-reactive ketones (excluding diaryl/α,β-unsaturated/α-hetero) is 1. The number of nitrogens with one attached hydrogen (secondary N) is 1. The number of carbonyl (C=O) groups excluding carboxylic acids is 3. The van der Waals surface area contributed by atoms with Crippen molar-refractivity contribution in [1.82, 2.24) is 0 Å². The Morgan fingerprint density at radius 3 is 2.32 bits per heavy atom. The summed E-state index contributed by atoms with van der Waals surface area (Å²) >= 11 is 0. The Balaban J connectivity index is 1.86. The summed E-state index contributed by atoms with van der Waals surface area (Å²) in [6.45, 7) is 3.39. The second-order valence-corrected chi connectivity index (χ2v) is 5.67. The predicted octanol–water partition coefficient (Wildman–Crippen LogP) is 3.31. The summed E-state index contributed by atoms with van der Waals surface area (Å²) in [4.78, 5) is 35.3. The third-order valence-electron chi connectivity index (χ3n) is 3.77. The van der Waals surface area contributed by atoms with Gasteiger partial charge in [-0.25, -0.2) is 0 Å². The fraction of sp³-hybridized carbons (Fsp3) is 0.250. The minimum atomic E-state index is -0.436. The van der Waals surface area contributed by atoms with E-state index < -0.39 is 5.97 Å². The highest BCUT2D eigenvalue weighted by atomic mass is 16.5. The molecule has 0 unspecified atom stereocenters. The number of hydrogen-bond donors (Lipinski definition) is 1. The number of carbonyl (C=O) groups is 3. The largest absolute Gasteiger partial charge is 0.457 e. The predicted molar refractivity (Wildman–Crippen MR) is 95.5 cm³/mol. The van der Waals surface area contributed by atoms with Gasteiger partial charge in [0.15, 0.2) is 12.4 Å². The molecule has 0 saturated heterocycles. The van der Waals surface area contributed by atoms with Gasteiger partial charge in [-0.15, -0.1) is 0 Å². The number of benzene rings is 2. The average Bonchev–Trinajstić information content (AvgIpc) is 2.62. The second-order valence-electron chi connectivity index (χ2n) is 5.67. The van der Waals surface area contributed by atoms with Crippen molar-refractivity contribution in [3.8, 4) is 0 Å². The van der Waals surface area contributed by atoms with Crippen LogP contribution in [0.3, 0.4) is 0 Å². The molecule has 0 fully saturated rings. The van der Waals surface area contributed by atoms with Crippen molar-refractivity contribution in [2.75, 3.05) is 11.9 Å². The first kappa shape index (κ1) is 18.4. The molecule has 130 valence electrons. The molecular formula is C20H21NO4. The minimum Gasteiger partial charge on any atom is -0.457 e. The van der Waals surface area contributed by atoms with Crippen molar-refractivity contribution >= 4 is 23.3 Å². The molecule has 0 atom stereocenters. The molecule has 0 bridgehead atoms. The van der Waals surface area contributed by atoms with E-state index in [4.69, 9.17) is 4.74 Å². The van der Waals surface area contributed by atoms with Gasteiger partial charge in [0.05, 0.1) is 6.42 Å². The fourth-order valence-corrected chi connectivity index (χ4v) is 2.23. The zero-order chi connectivity index (χ0) is 18.2. The summed E-state index contributed by atoms with van der Waals surface area (Å²) in [6.07, 6.45) is 0.527. The molecule has 5 nitrogen and oxygen atoms in total. The van der Waals surface area contributed by atoms with Crippen molar-refractivity contribution in [3.63, 3.8) is 0 Å². The van der Waals surface area contributed by atoms with Crippen LogP contribution in [0.4, 0.5) is 5.69 Å². The lowest BCUT2D eigenvalue weighted by Crippen LogP contribution is -2.16. The molecule has 1 amide bonds. The molecule has 0 aliphatic carbocycles. The topological polar surface area (TPSA) is 72.5 Å². The van der Waals surface area contributed by atoms with Gasteiger partial charge in [-0.3, -0.25) is 14.4 Å². The lowest BCUT2D eigenvalue weighted by Gasteiger charge is -2.07. The van der Waals surface area contributed by atoms with Gasteiger partial charge in [0, 0.05) is 17.7 Å². The lowest BCUT2D eigenvalue weighted by molar-refractivity contribution is -0.141. The van der Waals surface area contributed by atoms with Gasteiger partial charge in [-0.2, -0.15) is 0 Å². The third kappa shape index (κ3) is 5.57. The maximum atomic E-state index is 12.1. The summed E-state index contributed by atoms with van der Waals surface area (Å²) in [6, 6.07) is 14.0. The molecule has 1 N–H and O–H groups in total. The third-order valence-corrected chi connectivity index (χ3v) is 3.77. The van der Waals surface area contributed by atoms with Crippen LogP contribution in [0.2, 0.25) is 0 Å². The Labute approximate surface area is 147 Å². The molecule has 2 aromatic carbocycles. The van der Waals surface area contributed by atoms with E-state index in [1.165, 1.54) is 0 Å². The smallest absolute Gasteiger partial charge is 0.310 e. The van der Waals surface area contributed by atoms with Crippen LogP contribution in [0.15, 0.2) is 48.5 Å². The van der Waals surface area contributed by atoms with E-state index in [1.54, 1.807) is 31.2 Å². The van der Waals surface area contributed by atoms with E-state index in [1.807, 2.05) is 31.2 Å². The summed E-state index contributed by atoms with van der Waals surface area (Å²) in [5.41, 5.74) is 2.95. The monoisotopic (exact) mass is 339 g/mol. The van der Waals surface area contributed by atoms with Gasteiger partial charge in [-0.1, -0.05) is 31.2 Å². The first-order chi connectivity index (χ1) is 12.0. The highest BCUT2D eigenvalue weighted by Gasteiger charge is 2.12. The SMILES string of the molecule is CCC(=O)Nc1ccc(C(=O)COC(=O)Cc2ccccc2C)cc1. The van der Waals surface area contributed by atoms with E-state index in [2.05, 4.69) is 5.32 Å².